The number of aryl methyl sites for hydroxylation is 3. The molecule has 0 aliphatic carbocycles. The fourth-order valence-electron chi connectivity index (χ4n) is 3.25. The second-order valence-corrected chi connectivity index (χ2v) is 7.47. The van der Waals surface area contributed by atoms with Gasteiger partial charge in [-0.05, 0) is 56.5 Å². The fourth-order valence-corrected chi connectivity index (χ4v) is 3.97. The van der Waals surface area contributed by atoms with Gasteiger partial charge >= 0.3 is 0 Å². The van der Waals surface area contributed by atoms with Crippen molar-refractivity contribution in [2.24, 2.45) is 0 Å². The molecule has 140 valence electrons. The molecule has 3 rings (SSSR count). The molecule has 4 nitrogen and oxygen atoms in total. The number of ether oxygens (including phenoxy) is 1. The van der Waals surface area contributed by atoms with Crippen molar-refractivity contribution >= 4 is 22.4 Å². The number of carbonyl (C=O) groups is 1. The average molecular weight is 381 g/mol. The highest BCUT2D eigenvalue weighted by atomic mass is 32.1. The molecule has 27 heavy (non-hydrogen) atoms. The van der Waals surface area contributed by atoms with Gasteiger partial charge in [-0.25, -0.2) is 4.98 Å². The predicted octanol–water partition coefficient (Wildman–Crippen LogP) is 5.32. The Balaban J connectivity index is 1.68. The summed E-state index contributed by atoms with van der Waals surface area (Å²) in [6.07, 6.45) is 0.309. The Morgan fingerprint density at radius 1 is 1.11 bits per heavy atom. The third-order valence-electron chi connectivity index (χ3n) is 4.28. The zero-order chi connectivity index (χ0) is 19.4. The molecular weight excluding hydrogens is 356 g/mol. The van der Waals surface area contributed by atoms with Crippen LogP contribution in [0.5, 0.6) is 5.75 Å². The van der Waals surface area contributed by atoms with Crippen LogP contribution in [0.1, 0.15) is 29.2 Å². The van der Waals surface area contributed by atoms with Gasteiger partial charge in [0.2, 0.25) is 5.91 Å². The molecule has 0 unspecified atom stereocenters. The number of nitrogens with zero attached hydrogens (tertiary/aromatic N) is 1. The number of hydrogen-bond donors (Lipinski definition) is 1. The number of hydrogen-bond acceptors (Lipinski definition) is 4. The highest BCUT2D eigenvalue weighted by molar-refractivity contribution is 7.14. The van der Waals surface area contributed by atoms with Gasteiger partial charge < -0.3 is 10.1 Å². The van der Waals surface area contributed by atoms with E-state index in [-0.39, 0.29) is 5.91 Å². The second-order valence-electron chi connectivity index (χ2n) is 6.61. The maximum absolute atomic E-state index is 12.3. The van der Waals surface area contributed by atoms with Crippen molar-refractivity contribution in [2.45, 2.75) is 34.1 Å². The monoisotopic (exact) mass is 380 g/mol. The van der Waals surface area contributed by atoms with Gasteiger partial charge in [0.1, 0.15) is 5.75 Å². The molecule has 0 bridgehead atoms. The summed E-state index contributed by atoms with van der Waals surface area (Å²) in [5, 5.41) is 5.53. The predicted molar refractivity (Wildman–Crippen MR) is 112 cm³/mol. The number of amides is 1. The minimum absolute atomic E-state index is 0.0718. The number of thiazole rings is 1. The van der Waals surface area contributed by atoms with E-state index in [4.69, 9.17) is 4.74 Å². The lowest BCUT2D eigenvalue weighted by atomic mass is 9.98. The molecule has 0 fully saturated rings. The molecule has 0 saturated heterocycles. The van der Waals surface area contributed by atoms with E-state index in [0.717, 1.165) is 22.6 Å². The average Bonchev–Trinajstić information content (AvgIpc) is 3.03. The molecule has 5 heteroatoms. The van der Waals surface area contributed by atoms with E-state index >= 15 is 0 Å². The van der Waals surface area contributed by atoms with Crippen molar-refractivity contribution in [2.75, 3.05) is 11.9 Å². The summed E-state index contributed by atoms with van der Waals surface area (Å²) < 4.78 is 5.42. The fraction of sp³-hybridized carbons (Fsp3) is 0.273. The zero-order valence-electron chi connectivity index (χ0n) is 16.1. The molecule has 1 aromatic heterocycles. The molecule has 1 N–H and O–H groups in total. The summed E-state index contributed by atoms with van der Waals surface area (Å²) in [4.78, 5) is 17.0. The molecule has 0 saturated carbocycles. The lowest BCUT2D eigenvalue weighted by Crippen LogP contribution is -2.14. The Labute approximate surface area is 164 Å². The van der Waals surface area contributed by atoms with Gasteiger partial charge in [0.05, 0.1) is 18.7 Å². The summed E-state index contributed by atoms with van der Waals surface area (Å²) in [5.41, 5.74) is 6.64. The van der Waals surface area contributed by atoms with Crippen LogP contribution in [0.2, 0.25) is 0 Å². The van der Waals surface area contributed by atoms with E-state index in [9.17, 15) is 4.79 Å². The van der Waals surface area contributed by atoms with Gasteiger partial charge in [-0.15, -0.1) is 11.3 Å². The minimum Gasteiger partial charge on any atom is -0.494 e. The third kappa shape index (κ3) is 4.74. The van der Waals surface area contributed by atoms with Crippen LogP contribution in [0.3, 0.4) is 0 Å². The van der Waals surface area contributed by atoms with Crippen LogP contribution < -0.4 is 10.1 Å². The van der Waals surface area contributed by atoms with Crippen LogP contribution in [0.4, 0.5) is 5.13 Å². The van der Waals surface area contributed by atoms with E-state index in [0.29, 0.717) is 18.2 Å². The topological polar surface area (TPSA) is 51.2 Å². The summed E-state index contributed by atoms with van der Waals surface area (Å²) in [6, 6.07) is 11.9. The molecule has 3 aromatic rings. The van der Waals surface area contributed by atoms with Crippen LogP contribution in [-0.2, 0) is 11.2 Å². The third-order valence-corrected chi connectivity index (χ3v) is 5.04. The molecule has 1 heterocycles. The number of benzene rings is 2. The first-order valence-corrected chi connectivity index (χ1v) is 9.89. The molecule has 0 radical (unpaired) electrons. The molecule has 0 aliphatic heterocycles. The summed E-state index contributed by atoms with van der Waals surface area (Å²) in [5.74, 6) is 0.743. The van der Waals surface area contributed by atoms with Crippen LogP contribution in [0.15, 0.2) is 41.8 Å². The number of anilines is 1. The van der Waals surface area contributed by atoms with E-state index < -0.39 is 0 Å². The largest absolute Gasteiger partial charge is 0.494 e. The standard InChI is InChI=1S/C22H24N2O2S/c1-5-26-18-8-6-17(7-9-18)12-20(25)24-22-23-19(13-27-22)21-15(3)10-14(2)11-16(21)4/h6-11,13H,5,12H2,1-4H3,(H,23,24,25). The SMILES string of the molecule is CCOc1ccc(CC(=O)Nc2nc(-c3c(C)cc(C)cc3C)cs2)cc1. The quantitative estimate of drug-likeness (QED) is 0.630. The van der Waals surface area contributed by atoms with Crippen molar-refractivity contribution in [3.8, 4) is 17.0 Å². The normalized spacial score (nSPS) is 10.7. The Kier molecular flexibility index (Phi) is 5.91. The van der Waals surface area contributed by atoms with Crippen molar-refractivity contribution in [3.63, 3.8) is 0 Å². The van der Waals surface area contributed by atoms with Crippen molar-refractivity contribution in [1.82, 2.24) is 4.98 Å². The van der Waals surface area contributed by atoms with E-state index in [1.807, 2.05) is 36.6 Å². The van der Waals surface area contributed by atoms with E-state index in [2.05, 4.69) is 43.2 Å². The summed E-state index contributed by atoms with van der Waals surface area (Å²) in [7, 11) is 0. The van der Waals surface area contributed by atoms with Gasteiger partial charge in [-0.2, -0.15) is 0 Å². The minimum atomic E-state index is -0.0718. The Bertz CT molecular complexity index is 922. The first kappa shape index (κ1) is 19.1. The van der Waals surface area contributed by atoms with Gasteiger partial charge in [0.15, 0.2) is 5.13 Å². The first-order valence-electron chi connectivity index (χ1n) is 9.01. The summed E-state index contributed by atoms with van der Waals surface area (Å²) in [6.45, 7) is 8.87. The lowest BCUT2D eigenvalue weighted by Gasteiger charge is -2.08. The number of nitrogens with one attached hydrogen (secondary N) is 1. The Morgan fingerprint density at radius 2 is 1.78 bits per heavy atom. The smallest absolute Gasteiger partial charge is 0.230 e. The molecule has 0 aliphatic rings. The molecule has 0 atom stereocenters. The van der Waals surface area contributed by atoms with Gasteiger partial charge in [-0.3, -0.25) is 4.79 Å². The van der Waals surface area contributed by atoms with Gasteiger partial charge in [0.25, 0.3) is 0 Å². The summed E-state index contributed by atoms with van der Waals surface area (Å²) >= 11 is 1.45. The Hall–Kier alpha value is -2.66. The zero-order valence-corrected chi connectivity index (χ0v) is 16.9. The maximum Gasteiger partial charge on any atom is 0.230 e. The van der Waals surface area contributed by atoms with Crippen LogP contribution in [0.25, 0.3) is 11.3 Å². The van der Waals surface area contributed by atoms with Crippen molar-refractivity contribution in [3.05, 3.63) is 64.0 Å². The van der Waals surface area contributed by atoms with E-state index in [1.54, 1.807) is 0 Å². The second kappa shape index (κ2) is 8.35. The highest BCUT2D eigenvalue weighted by Crippen LogP contribution is 2.31. The molecule has 1 amide bonds. The molecular formula is C22H24N2O2S. The van der Waals surface area contributed by atoms with Gasteiger partial charge in [0, 0.05) is 10.9 Å². The maximum atomic E-state index is 12.3. The van der Waals surface area contributed by atoms with Crippen LogP contribution in [0, 0.1) is 20.8 Å². The number of aromatic nitrogens is 1. The van der Waals surface area contributed by atoms with Crippen LogP contribution in [-0.4, -0.2) is 17.5 Å². The Morgan fingerprint density at radius 3 is 2.41 bits per heavy atom. The highest BCUT2D eigenvalue weighted by Gasteiger charge is 2.12. The first-order chi connectivity index (χ1) is 13.0. The van der Waals surface area contributed by atoms with E-state index in [1.165, 1.54) is 28.0 Å². The van der Waals surface area contributed by atoms with Crippen LogP contribution >= 0.6 is 11.3 Å². The lowest BCUT2D eigenvalue weighted by molar-refractivity contribution is -0.115. The molecule has 0 spiro atoms. The molecule has 2 aromatic carbocycles. The van der Waals surface area contributed by atoms with Crippen molar-refractivity contribution < 1.29 is 9.53 Å². The van der Waals surface area contributed by atoms with Gasteiger partial charge in [-0.1, -0.05) is 29.8 Å². The number of rotatable bonds is 6. The number of carbonyl (C=O) groups excluding carboxylic acids is 1. The van der Waals surface area contributed by atoms with Crippen molar-refractivity contribution in [1.29, 1.82) is 0 Å².